The number of rotatable bonds is 4. The second kappa shape index (κ2) is 6.23. The lowest BCUT2D eigenvalue weighted by Crippen LogP contribution is -2.34. The molecule has 1 N–H and O–H groups in total. The lowest BCUT2D eigenvalue weighted by molar-refractivity contribution is 0.0934. The van der Waals surface area contributed by atoms with E-state index in [4.69, 9.17) is 0 Å². The molecule has 5 heteroatoms. The minimum absolute atomic E-state index is 0.194. The van der Waals surface area contributed by atoms with E-state index in [2.05, 4.69) is 10.3 Å². The average molecular weight is 276 g/mol. The van der Waals surface area contributed by atoms with Gasteiger partial charge in [-0.15, -0.1) is 0 Å². The number of carbonyl (C=O) groups excluding carboxylic acids is 1. The minimum atomic E-state index is -1.27. The Bertz CT molecular complexity index is 602. The molecular weight excluding hydrogens is 262 g/mol. The van der Waals surface area contributed by atoms with E-state index in [0.717, 1.165) is 17.8 Å². The van der Waals surface area contributed by atoms with E-state index in [9.17, 15) is 13.6 Å². The number of nitrogens with one attached hydrogen (secondary N) is 1. The molecule has 0 aliphatic heterocycles. The lowest BCUT2D eigenvalue weighted by Gasteiger charge is -2.14. The molecule has 2 aromatic rings. The van der Waals surface area contributed by atoms with Crippen molar-refractivity contribution in [1.29, 1.82) is 0 Å². The molecule has 0 aliphatic rings. The van der Waals surface area contributed by atoms with Gasteiger partial charge in [-0.25, -0.2) is 9.37 Å². The summed E-state index contributed by atoms with van der Waals surface area (Å²) >= 11 is 0. The fourth-order valence-corrected chi connectivity index (χ4v) is 1.91. The Morgan fingerprint density at radius 1 is 1.25 bits per heavy atom. The van der Waals surface area contributed by atoms with Crippen LogP contribution in [0.4, 0.5) is 8.78 Å². The van der Waals surface area contributed by atoms with Gasteiger partial charge in [0.1, 0.15) is 0 Å². The standard InChI is InChI=1S/C15H14F2N2O/c1-10(9-11-5-3-2-4-6-11)19-15(20)12-7-8-18-14(17)13(12)16/h2-8,10H,9H2,1H3,(H,19,20). The van der Waals surface area contributed by atoms with Crippen LogP contribution in [0, 0.1) is 11.8 Å². The zero-order valence-corrected chi connectivity index (χ0v) is 10.9. The van der Waals surface area contributed by atoms with Crippen LogP contribution in [-0.2, 0) is 6.42 Å². The fraction of sp³-hybridized carbons (Fsp3) is 0.200. The van der Waals surface area contributed by atoms with Gasteiger partial charge >= 0.3 is 0 Å². The maximum absolute atomic E-state index is 13.4. The minimum Gasteiger partial charge on any atom is -0.349 e. The van der Waals surface area contributed by atoms with E-state index >= 15 is 0 Å². The second-order valence-corrected chi connectivity index (χ2v) is 4.53. The fourth-order valence-electron chi connectivity index (χ4n) is 1.91. The first-order chi connectivity index (χ1) is 9.58. The summed E-state index contributed by atoms with van der Waals surface area (Å²) in [5, 5.41) is 2.64. The van der Waals surface area contributed by atoms with E-state index in [-0.39, 0.29) is 11.6 Å². The molecule has 1 aromatic carbocycles. The van der Waals surface area contributed by atoms with Crippen molar-refractivity contribution in [2.45, 2.75) is 19.4 Å². The molecule has 0 bridgehead atoms. The Morgan fingerprint density at radius 2 is 1.95 bits per heavy atom. The Labute approximate surface area is 115 Å². The molecule has 0 saturated heterocycles. The van der Waals surface area contributed by atoms with Gasteiger partial charge in [-0.3, -0.25) is 4.79 Å². The van der Waals surface area contributed by atoms with E-state index in [1.807, 2.05) is 30.3 Å². The van der Waals surface area contributed by atoms with Crippen molar-refractivity contribution in [3.05, 3.63) is 65.5 Å². The smallest absolute Gasteiger partial charge is 0.254 e. The largest absolute Gasteiger partial charge is 0.349 e. The number of carbonyl (C=O) groups is 1. The number of nitrogens with zero attached hydrogens (tertiary/aromatic N) is 1. The summed E-state index contributed by atoms with van der Waals surface area (Å²) in [5.74, 6) is -3.14. The molecule has 1 atom stereocenters. The number of hydrogen-bond donors (Lipinski definition) is 1. The molecular formula is C15H14F2N2O. The van der Waals surface area contributed by atoms with Crippen LogP contribution < -0.4 is 5.32 Å². The zero-order valence-electron chi connectivity index (χ0n) is 10.9. The first kappa shape index (κ1) is 14.1. The third kappa shape index (κ3) is 3.38. The van der Waals surface area contributed by atoms with Crippen LogP contribution in [0.25, 0.3) is 0 Å². The number of hydrogen-bond acceptors (Lipinski definition) is 2. The van der Waals surface area contributed by atoms with Gasteiger partial charge in [0, 0.05) is 12.2 Å². The van der Waals surface area contributed by atoms with Gasteiger partial charge in [0.05, 0.1) is 5.56 Å². The normalized spacial score (nSPS) is 11.9. The van der Waals surface area contributed by atoms with Gasteiger partial charge < -0.3 is 5.32 Å². The zero-order chi connectivity index (χ0) is 14.5. The predicted molar refractivity (Wildman–Crippen MR) is 71.2 cm³/mol. The van der Waals surface area contributed by atoms with Crippen LogP contribution in [0.5, 0.6) is 0 Å². The van der Waals surface area contributed by atoms with Crippen molar-refractivity contribution in [3.63, 3.8) is 0 Å². The van der Waals surface area contributed by atoms with Crippen molar-refractivity contribution >= 4 is 5.91 Å². The highest BCUT2D eigenvalue weighted by Crippen LogP contribution is 2.10. The van der Waals surface area contributed by atoms with Crippen LogP contribution >= 0.6 is 0 Å². The first-order valence-electron chi connectivity index (χ1n) is 6.22. The van der Waals surface area contributed by atoms with E-state index in [1.54, 1.807) is 6.92 Å². The van der Waals surface area contributed by atoms with Gasteiger partial charge in [-0.1, -0.05) is 30.3 Å². The molecule has 0 spiro atoms. The number of aromatic nitrogens is 1. The maximum atomic E-state index is 13.4. The maximum Gasteiger partial charge on any atom is 0.254 e. The Hall–Kier alpha value is -2.30. The highest BCUT2D eigenvalue weighted by atomic mass is 19.2. The summed E-state index contributed by atoms with van der Waals surface area (Å²) in [4.78, 5) is 15.0. The summed E-state index contributed by atoms with van der Waals surface area (Å²) in [5.41, 5.74) is 0.721. The van der Waals surface area contributed by atoms with Crippen molar-refractivity contribution in [2.75, 3.05) is 0 Å². The summed E-state index contributed by atoms with van der Waals surface area (Å²) in [6.07, 6.45) is 1.68. The number of benzene rings is 1. The van der Waals surface area contributed by atoms with Crippen molar-refractivity contribution in [2.24, 2.45) is 0 Å². The SMILES string of the molecule is CC(Cc1ccccc1)NC(=O)c1ccnc(F)c1F. The molecule has 1 amide bonds. The first-order valence-corrected chi connectivity index (χ1v) is 6.22. The predicted octanol–water partition coefficient (Wildman–Crippen LogP) is 2.72. The van der Waals surface area contributed by atoms with Gasteiger partial charge in [-0.05, 0) is 25.0 Å². The van der Waals surface area contributed by atoms with Crippen LogP contribution in [-0.4, -0.2) is 16.9 Å². The molecule has 0 fully saturated rings. The highest BCUT2D eigenvalue weighted by Gasteiger charge is 2.17. The van der Waals surface area contributed by atoms with Crippen LogP contribution in [0.3, 0.4) is 0 Å². The van der Waals surface area contributed by atoms with Crippen LogP contribution in [0.1, 0.15) is 22.8 Å². The van der Waals surface area contributed by atoms with Crippen LogP contribution in [0.15, 0.2) is 42.6 Å². The quantitative estimate of drug-likeness (QED) is 0.872. The Kier molecular flexibility index (Phi) is 4.40. The highest BCUT2D eigenvalue weighted by molar-refractivity contribution is 5.94. The second-order valence-electron chi connectivity index (χ2n) is 4.53. The van der Waals surface area contributed by atoms with E-state index < -0.39 is 17.7 Å². The third-order valence-corrected chi connectivity index (χ3v) is 2.85. The van der Waals surface area contributed by atoms with Crippen LogP contribution in [0.2, 0.25) is 0 Å². The molecule has 0 saturated carbocycles. The molecule has 1 aromatic heterocycles. The van der Waals surface area contributed by atoms with E-state index in [0.29, 0.717) is 6.42 Å². The molecule has 3 nitrogen and oxygen atoms in total. The lowest BCUT2D eigenvalue weighted by atomic mass is 10.1. The van der Waals surface area contributed by atoms with Crippen molar-refractivity contribution in [3.8, 4) is 0 Å². The molecule has 1 heterocycles. The molecule has 0 radical (unpaired) electrons. The number of pyridine rings is 1. The van der Waals surface area contributed by atoms with Gasteiger partial charge in [0.15, 0.2) is 5.82 Å². The van der Waals surface area contributed by atoms with Gasteiger partial charge in [0.2, 0.25) is 5.95 Å². The summed E-state index contributed by atoms with van der Waals surface area (Å²) in [6.45, 7) is 1.81. The van der Waals surface area contributed by atoms with Gasteiger partial charge in [0.25, 0.3) is 5.91 Å². The van der Waals surface area contributed by atoms with Gasteiger partial charge in [-0.2, -0.15) is 4.39 Å². The third-order valence-electron chi connectivity index (χ3n) is 2.85. The topological polar surface area (TPSA) is 42.0 Å². The molecule has 20 heavy (non-hydrogen) atoms. The Morgan fingerprint density at radius 3 is 2.65 bits per heavy atom. The van der Waals surface area contributed by atoms with E-state index in [1.165, 1.54) is 0 Å². The molecule has 1 unspecified atom stereocenters. The molecule has 2 rings (SSSR count). The summed E-state index contributed by atoms with van der Waals surface area (Å²) in [6, 6.07) is 10.6. The number of halogens is 2. The van der Waals surface area contributed by atoms with Crippen molar-refractivity contribution in [1.82, 2.24) is 10.3 Å². The molecule has 104 valence electrons. The summed E-state index contributed by atoms with van der Waals surface area (Å²) in [7, 11) is 0. The average Bonchev–Trinajstić information content (AvgIpc) is 2.42. The van der Waals surface area contributed by atoms with Crippen molar-refractivity contribution < 1.29 is 13.6 Å². The monoisotopic (exact) mass is 276 g/mol. The summed E-state index contributed by atoms with van der Waals surface area (Å²) < 4.78 is 26.4. The number of amides is 1. The molecule has 0 aliphatic carbocycles. The Balaban J connectivity index is 2.02.